The highest BCUT2D eigenvalue weighted by Crippen LogP contribution is 2.21. The van der Waals surface area contributed by atoms with Gasteiger partial charge >= 0.3 is 0 Å². The van der Waals surface area contributed by atoms with Gasteiger partial charge in [-0.05, 0) is 48.7 Å². The van der Waals surface area contributed by atoms with E-state index in [9.17, 15) is 24.6 Å². The highest BCUT2D eigenvalue weighted by atomic mass is 16.4. The topological polar surface area (TPSA) is 102 Å². The van der Waals surface area contributed by atoms with E-state index in [0.29, 0.717) is 11.3 Å². The van der Waals surface area contributed by atoms with E-state index in [1.165, 1.54) is 6.07 Å². The lowest BCUT2D eigenvalue weighted by atomic mass is 10.0. The van der Waals surface area contributed by atoms with Crippen molar-refractivity contribution in [2.45, 2.75) is 20.4 Å². The van der Waals surface area contributed by atoms with Crippen molar-refractivity contribution >= 4 is 11.9 Å². The molecule has 0 atom stereocenters. The van der Waals surface area contributed by atoms with Crippen LogP contribution in [-0.2, 0) is 11.3 Å². The first kappa shape index (κ1) is 15.5. The highest BCUT2D eigenvalue weighted by Gasteiger charge is 2.12. The molecule has 1 aromatic carbocycles. The Morgan fingerprint density at radius 3 is 2.27 bits per heavy atom. The lowest BCUT2D eigenvalue weighted by molar-refractivity contribution is -0.306. The lowest BCUT2D eigenvalue weighted by Crippen LogP contribution is -2.38. The maximum atomic E-state index is 12.1. The zero-order valence-corrected chi connectivity index (χ0v) is 12.1. The Bertz CT molecular complexity index is 820. The van der Waals surface area contributed by atoms with Gasteiger partial charge in [0, 0.05) is 0 Å². The van der Waals surface area contributed by atoms with Crippen molar-refractivity contribution in [3.05, 3.63) is 57.4 Å². The molecule has 0 unspecified atom stereocenters. The molecule has 22 heavy (non-hydrogen) atoms. The fraction of sp³-hybridized carbons (Fsp3) is 0.188. The van der Waals surface area contributed by atoms with Gasteiger partial charge in [-0.15, -0.1) is 0 Å². The van der Waals surface area contributed by atoms with E-state index in [-0.39, 0.29) is 0 Å². The zero-order valence-electron chi connectivity index (χ0n) is 12.1. The summed E-state index contributed by atoms with van der Waals surface area (Å²) in [5, 5.41) is 21.8. The molecule has 0 aliphatic carbocycles. The minimum atomic E-state index is -1.65. The highest BCUT2D eigenvalue weighted by molar-refractivity contribution is 5.86. The van der Waals surface area contributed by atoms with Crippen LogP contribution in [0.5, 0.6) is 0 Å². The summed E-state index contributed by atoms with van der Waals surface area (Å²) in [4.78, 5) is 33.9. The summed E-state index contributed by atoms with van der Waals surface area (Å²) < 4.78 is 0.866. The van der Waals surface area contributed by atoms with Gasteiger partial charge in [0.25, 0.3) is 5.56 Å². The maximum Gasteiger partial charge on any atom is 0.260 e. The maximum absolute atomic E-state index is 12.1. The van der Waals surface area contributed by atoms with Crippen LogP contribution in [0.3, 0.4) is 0 Å². The molecule has 0 N–H and O–H groups in total. The number of carbonyl (C=O) groups excluding carboxylic acids is 2. The van der Waals surface area contributed by atoms with Gasteiger partial charge in [0.1, 0.15) is 0 Å². The van der Waals surface area contributed by atoms with E-state index < -0.39 is 29.6 Å². The number of carboxylic acids is 2. The number of aromatic carboxylic acids is 1. The number of aliphatic carboxylic acids is 1. The summed E-state index contributed by atoms with van der Waals surface area (Å²) in [6.45, 7) is 3.07. The van der Waals surface area contributed by atoms with Crippen molar-refractivity contribution in [2.24, 2.45) is 0 Å². The smallest absolute Gasteiger partial charge is 0.260 e. The Balaban J connectivity index is 2.71. The molecular formula is C16H13NO5-2. The van der Waals surface area contributed by atoms with E-state index >= 15 is 0 Å². The van der Waals surface area contributed by atoms with Gasteiger partial charge in [0.05, 0.1) is 29.7 Å². The average Bonchev–Trinajstić information content (AvgIpc) is 2.43. The average molecular weight is 299 g/mol. The largest absolute Gasteiger partial charge is 0.548 e. The molecule has 6 nitrogen and oxygen atoms in total. The second kappa shape index (κ2) is 5.85. The molecule has 0 aliphatic heterocycles. The second-order valence-electron chi connectivity index (χ2n) is 4.98. The van der Waals surface area contributed by atoms with Crippen LogP contribution in [0.4, 0.5) is 0 Å². The van der Waals surface area contributed by atoms with Gasteiger partial charge in [-0.2, -0.15) is 0 Å². The first-order valence-electron chi connectivity index (χ1n) is 6.54. The van der Waals surface area contributed by atoms with Gasteiger partial charge in [-0.1, -0.05) is 12.1 Å². The van der Waals surface area contributed by atoms with Crippen LogP contribution >= 0.6 is 0 Å². The Labute approximate surface area is 126 Å². The summed E-state index contributed by atoms with van der Waals surface area (Å²) in [6, 6.07) is 7.88. The predicted octanol–water partition coefficient (Wildman–Crippen LogP) is -0.754. The standard InChI is InChI=1S/C16H15NO5/c1-9-3-4-11(7-10(9)2)13-6-5-12(16(21)22)15(20)17(13)8-14(18)19/h3-7H,8H2,1-2H3,(H,18,19)(H,21,22)/p-2. The van der Waals surface area contributed by atoms with E-state index in [2.05, 4.69) is 0 Å². The lowest BCUT2D eigenvalue weighted by Gasteiger charge is -2.16. The predicted molar refractivity (Wildman–Crippen MR) is 74.9 cm³/mol. The van der Waals surface area contributed by atoms with Crippen molar-refractivity contribution in [3.8, 4) is 11.3 Å². The molecule has 0 radical (unpaired) electrons. The molecule has 0 amide bonds. The summed E-state index contributed by atoms with van der Waals surface area (Å²) in [5.41, 5.74) is 1.42. The van der Waals surface area contributed by atoms with Crippen LogP contribution in [0.25, 0.3) is 11.3 Å². The number of pyridine rings is 1. The SMILES string of the molecule is Cc1ccc(-c2ccc(C(=O)[O-])c(=O)n2CC(=O)[O-])cc1C. The number of aromatic nitrogens is 1. The molecule has 0 spiro atoms. The molecule has 6 heteroatoms. The van der Waals surface area contributed by atoms with Gasteiger partial charge in [0.2, 0.25) is 0 Å². The molecular weight excluding hydrogens is 286 g/mol. The van der Waals surface area contributed by atoms with Crippen molar-refractivity contribution in [3.63, 3.8) is 0 Å². The second-order valence-corrected chi connectivity index (χ2v) is 4.98. The van der Waals surface area contributed by atoms with Crippen LogP contribution in [0.15, 0.2) is 35.1 Å². The molecule has 0 saturated carbocycles. The fourth-order valence-electron chi connectivity index (χ4n) is 2.17. The summed E-state index contributed by atoms with van der Waals surface area (Å²) in [5.74, 6) is -3.13. The van der Waals surface area contributed by atoms with Crippen molar-refractivity contribution in [2.75, 3.05) is 0 Å². The molecule has 1 aromatic heterocycles. The summed E-state index contributed by atoms with van der Waals surface area (Å²) >= 11 is 0. The van der Waals surface area contributed by atoms with Gasteiger partial charge in [-0.25, -0.2) is 0 Å². The number of hydrogen-bond donors (Lipinski definition) is 0. The van der Waals surface area contributed by atoms with E-state index in [4.69, 9.17) is 0 Å². The molecule has 0 fully saturated rings. The molecule has 0 saturated heterocycles. The molecule has 0 bridgehead atoms. The van der Waals surface area contributed by atoms with Gasteiger partial charge < -0.3 is 24.4 Å². The molecule has 2 aromatic rings. The van der Waals surface area contributed by atoms with Crippen LogP contribution in [0.1, 0.15) is 21.5 Å². The normalized spacial score (nSPS) is 10.5. The summed E-state index contributed by atoms with van der Waals surface area (Å²) in [6.07, 6.45) is 0. The summed E-state index contributed by atoms with van der Waals surface area (Å²) in [7, 11) is 0. The Kier molecular flexibility index (Phi) is 4.12. The van der Waals surface area contributed by atoms with Crippen molar-refractivity contribution in [1.29, 1.82) is 0 Å². The fourth-order valence-corrected chi connectivity index (χ4v) is 2.17. The van der Waals surface area contributed by atoms with Crippen LogP contribution in [-0.4, -0.2) is 16.5 Å². The quantitative estimate of drug-likeness (QED) is 0.739. The minimum absolute atomic E-state index is 0.308. The first-order chi connectivity index (χ1) is 10.3. The van der Waals surface area contributed by atoms with E-state index in [1.54, 1.807) is 12.1 Å². The van der Waals surface area contributed by atoms with Crippen molar-refractivity contribution in [1.82, 2.24) is 4.57 Å². The van der Waals surface area contributed by atoms with E-state index in [1.807, 2.05) is 19.9 Å². The van der Waals surface area contributed by atoms with Gasteiger partial charge in [0.15, 0.2) is 0 Å². The van der Waals surface area contributed by atoms with Gasteiger partial charge in [-0.3, -0.25) is 4.79 Å². The monoisotopic (exact) mass is 299 g/mol. The number of carboxylic acid groups (broad SMARTS) is 2. The van der Waals surface area contributed by atoms with Crippen molar-refractivity contribution < 1.29 is 19.8 Å². The molecule has 114 valence electrons. The third kappa shape index (κ3) is 2.90. The zero-order chi connectivity index (χ0) is 16.4. The number of rotatable bonds is 4. The Morgan fingerprint density at radius 2 is 1.73 bits per heavy atom. The number of nitrogens with zero attached hydrogens (tertiary/aromatic N) is 1. The molecule has 1 heterocycles. The molecule has 2 rings (SSSR count). The Morgan fingerprint density at radius 1 is 1.05 bits per heavy atom. The minimum Gasteiger partial charge on any atom is -0.548 e. The number of carbonyl (C=O) groups is 2. The molecule has 0 aliphatic rings. The number of benzene rings is 1. The Hall–Kier alpha value is -2.89. The third-order valence-corrected chi connectivity index (χ3v) is 3.48. The van der Waals surface area contributed by atoms with Crippen LogP contribution < -0.4 is 15.8 Å². The first-order valence-corrected chi connectivity index (χ1v) is 6.54. The third-order valence-electron chi connectivity index (χ3n) is 3.48. The van der Waals surface area contributed by atoms with Crippen LogP contribution in [0, 0.1) is 13.8 Å². The van der Waals surface area contributed by atoms with Crippen LogP contribution in [0.2, 0.25) is 0 Å². The van der Waals surface area contributed by atoms with E-state index in [0.717, 1.165) is 21.8 Å². The number of hydrogen-bond acceptors (Lipinski definition) is 5. The number of aryl methyl sites for hydroxylation is 2.